The van der Waals surface area contributed by atoms with Crippen molar-refractivity contribution in [2.45, 2.75) is 104 Å². The number of nitrogens with zero attached hydrogens (tertiary/aromatic N) is 1. The maximum Gasteiger partial charge on any atom is 0.407 e. The van der Waals surface area contributed by atoms with Crippen molar-refractivity contribution in [2.24, 2.45) is 17.3 Å². The van der Waals surface area contributed by atoms with Crippen LogP contribution in [0.15, 0.2) is 11.0 Å². The normalized spacial score (nSPS) is 34.3. The summed E-state index contributed by atoms with van der Waals surface area (Å²) in [6.45, 7) is 10.5. The van der Waals surface area contributed by atoms with Gasteiger partial charge in [0, 0.05) is 17.7 Å². The SMILES string of the molecule is CC(=Cc1csc(C)n1)[C@@H]1C[C@@H]2NC(=O)OC2CCCC(C)[C@H](O)C(C)C(=O)C(C)(C)C(O)CC(=O)O1. The van der Waals surface area contributed by atoms with Gasteiger partial charge in [0.15, 0.2) is 0 Å². The monoisotopic (exact) mass is 536 g/mol. The van der Waals surface area contributed by atoms with Crippen LogP contribution in [0, 0.1) is 24.2 Å². The average Bonchev–Trinajstić information content (AvgIpc) is 3.40. The number of aliphatic hydroxyl groups is 2. The number of fused-ring (bicyclic) bond motifs is 1. The molecule has 2 aliphatic heterocycles. The molecule has 3 heterocycles. The zero-order valence-corrected chi connectivity index (χ0v) is 23.3. The van der Waals surface area contributed by atoms with E-state index in [4.69, 9.17) is 9.47 Å². The first-order valence-corrected chi connectivity index (χ1v) is 13.8. The second kappa shape index (κ2) is 12.0. The number of thiazole rings is 1. The zero-order chi connectivity index (χ0) is 27.5. The molecule has 3 N–H and O–H groups in total. The summed E-state index contributed by atoms with van der Waals surface area (Å²) in [6, 6.07) is -0.374. The number of nitrogens with one attached hydrogen (secondary N) is 1. The molecule has 1 amide bonds. The predicted octanol–water partition coefficient (Wildman–Crippen LogP) is 3.80. The van der Waals surface area contributed by atoms with Gasteiger partial charge in [-0.25, -0.2) is 9.78 Å². The molecule has 0 aliphatic carbocycles. The smallest absolute Gasteiger partial charge is 0.407 e. The van der Waals surface area contributed by atoms with E-state index in [1.54, 1.807) is 20.8 Å². The van der Waals surface area contributed by atoms with Gasteiger partial charge >= 0.3 is 12.1 Å². The van der Waals surface area contributed by atoms with Crippen molar-refractivity contribution in [2.75, 3.05) is 0 Å². The fourth-order valence-corrected chi connectivity index (χ4v) is 5.70. The molecule has 2 fully saturated rings. The van der Waals surface area contributed by atoms with Crippen LogP contribution < -0.4 is 5.32 Å². The minimum Gasteiger partial charge on any atom is -0.458 e. The number of Topliss-reactive ketones (excluding diaryl/α,β-unsaturated/α-hetero) is 1. The van der Waals surface area contributed by atoms with Gasteiger partial charge in [-0.2, -0.15) is 0 Å². The summed E-state index contributed by atoms with van der Waals surface area (Å²) in [6.07, 6.45) is -0.158. The highest BCUT2D eigenvalue weighted by atomic mass is 32.1. The summed E-state index contributed by atoms with van der Waals surface area (Å²) in [5.41, 5.74) is 0.238. The number of carbonyl (C=O) groups is 3. The molecule has 9 nitrogen and oxygen atoms in total. The van der Waals surface area contributed by atoms with Gasteiger partial charge in [-0.1, -0.05) is 27.7 Å². The van der Waals surface area contributed by atoms with Crippen molar-refractivity contribution in [1.82, 2.24) is 10.3 Å². The number of hydrogen-bond donors (Lipinski definition) is 3. The lowest BCUT2D eigenvalue weighted by Crippen LogP contribution is -2.46. The molecule has 4 unspecified atom stereocenters. The minimum absolute atomic E-state index is 0.173. The minimum atomic E-state index is -1.29. The van der Waals surface area contributed by atoms with Crippen LogP contribution in [0.4, 0.5) is 4.79 Å². The summed E-state index contributed by atoms with van der Waals surface area (Å²) in [5.74, 6) is -1.86. The first-order chi connectivity index (χ1) is 17.3. The average molecular weight is 537 g/mol. The molecule has 3 rings (SSSR count). The molecule has 10 heteroatoms. The number of aryl methyl sites for hydroxylation is 1. The Morgan fingerprint density at radius 3 is 2.54 bits per heavy atom. The second-order valence-corrected chi connectivity index (χ2v) is 12.1. The highest BCUT2D eigenvalue weighted by molar-refractivity contribution is 7.09. The maximum atomic E-state index is 13.2. The van der Waals surface area contributed by atoms with Crippen molar-refractivity contribution in [1.29, 1.82) is 0 Å². The molecule has 2 aliphatic rings. The van der Waals surface area contributed by atoms with Crippen LogP contribution >= 0.6 is 11.3 Å². The third-order valence-corrected chi connectivity index (χ3v) is 8.55. The first kappa shape index (κ1) is 29.3. The number of esters is 1. The largest absolute Gasteiger partial charge is 0.458 e. The fraction of sp³-hybridized carbons (Fsp3) is 0.704. The van der Waals surface area contributed by atoms with Gasteiger partial charge < -0.3 is 25.0 Å². The lowest BCUT2D eigenvalue weighted by atomic mass is 9.73. The zero-order valence-electron chi connectivity index (χ0n) is 22.5. The Balaban J connectivity index is 1.91. The number of ketones is 1. The van der Waals surface area contributed by atoms with E-state index < -0.39 is 47.8 Å². The van der Waals surface area contributed by atoms with Gasteiger partial charge in [0.25, 0.3) is 0 Å². The molecule has 1 aromatic rings. The lowest BCUT2D eigenvalue weighted by Gasteiger charge is -2.34. The standard InChI is InChI=1S/C27H40N2O7S/c1-14-8-7-9-20-19(29-26(34)36-20)11-21(15(2)10-18-13-37-17(4)28-18)35-23(31)12-22(30)27(5,6)25(33)16(3)24(14)32/h10,13-14,16,19-22,24,30,32H,7-9,11-12H2,1-6H3,(H,29,34)/t14?,16?,19-,20?,21-,22?,24-/m0/s1. The number of alkyl carbamates (subject to hydrolysis) is 1. The second-order valence-electron chi connectivity index (χ2n) is 11.1. The van der Waals surface area contributed by atoms with Crippen LogP contribution in [-0.4, -0.2) is 63.5 Å². The summed E-state index contributed by atoms with van der Waals surface area (Å²) in [4.78, 5) is 42.8. The van der Waals surface area contributed by atoms with Gasteiger partial charge in [0.1, 0.15) is 18.0 Å². The fourth-order valence-electron chi connectivity index (χ4n) is 5.13. The van der Waals surface area contributed by atoms with E-state index in [1.165, 1.54) is 11.3 Å². The van der Waals surface area contributed by atoms with E-state index in [0.29, 0.717) is 25.7 Å². The molecule has 37 heavy (non-hydrogen) atoms. The first-order valence-electron chi connectivity index (χ1n) is 13.0. The van der Waals surface area contributed by atoms with Gasteiger partial charge in [-0.15, -0.1) is 11.3 Å². The topological polar surface area (TPSA) is 135 Å². The Kier molecular flexibility index (Phi) is 9.52. The molecule has 0 radical (unpaired) electrons. The number of hydrogen-bond acceptors (Lipinski definition) is 9. The quantitative estimate of drug-likeness (QED) is 0.486. The van der Waals surface area contributed by atoms with Crippen molar-refractivity contribution >= 4 is 35.3 Å². The van der Waals surface area contributed by atoms with E-state index in [9.17, 15) is 24.6 Å². The molecule has 206 valence electrons. The number of aliphatic hydroxyl groups excluding tert-OH is 2. The molecule has 0 spiro atoms. The van der Waals surface area contributed by atoms with Crippen LogP contribution in [-0.2, 0) is 19.1 Å². The highest BCUT2D eigenvalue weighted by Crippen LogP contribution is 2.33. The summed E-state index contributed by atoms with van der Waals surface area (Å²) >= 11 is 1.51. The van der Waals surface area contributed by atoms with E-state index in [1.807, 2.05) is 32.2 Å². The van der Waals surface area contributed by atoms with Crippen LogP contribution in [0.1, 0.15) is 77.4 Å². The number of carbonyl (C=O) groups excluding carboxylic acids is 3. The third-order valence-electron chi connectivity index (χ3n) is 7.76. The Morgan fingerprint density at radius 1 is 1.19 bits per heavy atom. The Bertz CT molecular complexity index is 1020. The number of aromatic nitrogens is 1. The lowest BCUT2D eigenvalue weighted by molar-refractivity contribution is -0.154. The molecular weight excluding hydrogens is 496 g/mol. The van der Waals surface area contributed by atoms with Crippen LogP contribution in [0.3, 0.4) is 0 Å². The van der Waals surface area contributed by atoms with E-state index in [0.717, 1.165) is 16.3 Å². The van der Waals surface area contributed by atoms with Gasteiger partial charge in [-0.3, -0.25) is 9.59 Å². The van der Waals surface area contributed by atoms with Crippen molar-refractivity contribution in [3.05, 3.63) is 21.7 Å². The predicted molar refractivity (Wildman–Crippen MR) is 140 cm³/mol. The summed E-state index contributed by atoms with van der Waals surface area (Å²) in [7, 11) is 0. The van der Waals surface area contributed by atoms with Crippen molar-refractivity contribution < 1.29 is 34.1 Å². The summed E-state index contributed by atoms with van der Waals surface area (Å²) in [5, 5.41) is 27.4. The molecule has 2 saturated heterocycles. The number of cyclic esters (lactones) is 1. The van der Waals surface area contributed by atoms with E-state index in [2.05, 4.69) is 10.3 Å². The van der Waals surface area contributed by atoms with Gasteiger partial charge in [-0.05, 0) is 50.7 Å². The Labute approximate surface area is 222 Å². The van der Waals surface area contributed by atoms with Crippen LogP contribution in [0.5, 0.6) is 0 Å². The van der Waals surface area contributed by atoms with Gasteiger partial charge in [0.2, 0.25) is 0 Å². The molecule has 0 bridgehead atoms. The van der Waals surface area contributed by atoms with Crippen LogP contribution in [0.25, 0.3) is 6.08 Å². The third kappa shape index (κ3) is 7.18. The summed E-state index contributed by atoms with van der Waals surface area (Å²) < 4.78 is 11.4. The molecule has 0 aromatic carbocycles. The van der Waals surface area contributed by atoms with E-state index >= 15 is 0 Å². The van der Waals surface area contributed by atoms with Crippen molar-refractivity contribution in [3.63, 3.8) is 0 Å². The molecule has 0 saturated carbocycles. The Morgan fingerprint density at radius 2 is 1.89 bits per heavy atom. The van der Waals surface area contributed by atoms with Crippen molar-refractivity contribution in [3.8, 4) is 0 Å². The molecular formula is C27H40N2O7S. The number of amides is 1. The Hall–Kier alpha value is -2.30. The number of ether oxygens (including phenoxy) is 2. The van der Waals surface area contributed by atoms with E-state index in [-0.39, 0.29) is 24.2 Å². The maximum absolute atomic E-state index is 13.2. The molecule has 1 aromatic heterocycles. The van der Waals surface area contributed by atoms with Gasteiger partial charge in [0.05, 0.1) is 40.8 Å². The highest BCUT2D eigenvalue weighted by Gasteiger charge is 2.43. The van der Waals surface area contributed by atoms with Crippen LogP contribution in [0.2, 0.25) is 0 Å². The molecule has 7 atom stereocenters. The number of rotatable bonds is 2.